The summed E-state index contributed by atoms with van der Waals surface area (Å²) in [4.78, 5) is 13.5. The number of fused-ring (bicyclic) bond motifs is 1. The number of aromatic nitrogens is 4. The molecule has 0 bridgehead atoms. The zero-order valence-electron chi connectivity index (χ0n) is 12.8. The standard InChI is InChI=1S/C16H20N6/c1-12-4-17-11-18-16(12)22-9-14-7-21(8-15(14)10-22)6-13-2-3-19-20-5-13/h2-5,11,14-15H,6-10H2,1H3. The lowest BCUT2D eigenvalue weighted by Crippen LogP contribution is -2.29. The summed E-state index contributed by atoms with van der Waals surface area (Å²) in [5.74, 6) is 2.59. The van der Waals surface area contributed by atoms with Crippen LogP contribution in [0.25, 0.3) is 0 Å². The highest BCUT2D eigenvalue weighted by Gasteiger charge is 2.40. The number of rotatable bonds is 3. The minimum absolute atomic E-state index is 0.740. The Bertz CT molecular complexity index is 632. The van der Waals surface area contributed by atoms with Crippen molar-refractivity contribution in [1.29, 1.82) is 0 Å². The maximum absolute atomic E-state index is 4.46. The molecule has 4 heterocycles. The van der Waals surface area contributed by atoms with E-state index < -0.39 is 0 Å². The summed E-state index contributed by atoms with van der Waals surface area (Å²) in [5, 5.41) is 7.80. The minimum Gasteiger partial charge on any atom is -0.356 e. The summed E-state index contributed by atoms with van der Waals surface area (Å²) >= 11 is 0. The molecular weight excluding hydrogens is 276 g/mol. The van der Waals surface area contributed by atoms with Crippen LogP contribution in [0.1, 0.15) is 11.1 Å². The molecule has 0 saturated carbocycles. The molecule has 2 aromatic heterocycles. The zero-order chi connectivity index (χ0) is 14.9. The van der Waals surface area contributed by atoms with Gasteiger partial charge >= 0.3 is 0 Å². The van der Waals surface area contributed by atoms with E-state index in [1.54, 1.807) is 12.5 Å². The van der Waals surface area contributed by atoms with Crippen molar-refractivity contribution in [2.45, 2.75) is 13.5 Å². The van der Waals surface area contributed by atoms with Gasteiger partial charge in [0.05, 0.1) is 6.20 Å². The summed E-state index contributed by atoms with van der Waals surface area (Å²) in [7, 11) is 0. The van der Waals surface area contributed by atoms with Gasteiger partial charge in [0.1, 0.15) is 12.1 Å². The highest BCUT2D eigenvalue weighted by atomic mass is 15.3. The van der Waals surface area contributed by atoms with Crippen LogP contribution in [0, 0.1) is 18.8 Å². The molecule has 6 nitrogen and oxygen atoms in total. The maximum atomic E-state index is 4.46. The average Bonchev–Trinajstić information content (AvgIpc) is 3.07. The molecule has 0 amide bonds. The summed E-state index contributed by atoms with van der Waals surface area (Å²) in [6, 6.07) is 2.05. The van der Waals surface area contributed by atoms with Gasteiger partial charge < -0.3 is 4.90 Å². The number of nitrogens with zero attached hydrogens (tertiary/aromatic N) is 6. The lowest BCUT2D eigenvalue weighted by atomic mass is 10.0. The Morgan fingerprint density at radius 2 is 1.91 bits per heavy atom. The Balaban J connectivity index is 1.40. The van der Waals surface area contributed by atoms with Crippen molar-refractivity contribution in [3.8, 4) is 0 Å². The summed E-state index contributed by atoms with van der Waals surface area (Å²) in [6.07, 6.45) is 7.19. The van der Waals surface area contributed by atoms with Gasteiger partial charge in [-0.2, -0.15) is 10.2 Å². The lowest BCUT2D eigenvalue weighted by Gasteiger charge is -2.23. The predicted octanol–water partition coefficient (Wildman–Crippen LogP) is 1.14. The van der Waals surface area contributed by atoms with Crippen LogP contribution in [0.3, 0.4) is 0 Å². The van der Waals surface area contributed by atoms with Crippen LogP contribution in [0.4, 0.5) is 5.82 Å². The predicted molar refractivity (Wildman–Crippen MR) is 83.3 cm³/mol. The Morgan fingerprint density at radius 1 is 1.09 bits per heavy atom. The van der Waals surface area contributed by atoms with Crippen molar-refractivity contribution in [1.82, 2.24) is 25.1 Å². The molecule has 2 fully saturated rings. The van der Waals surface area contributed by atoms with Crippen LogP contribution in [0.2, 0.25) is 0 Å². The van der Waals surface area contributed by atoms with E-state index in [1.807, 2.05) is 12.4 Å². The SMILES string of the molecule is Cc1cncnc1N1CC2CN(Cc3ccnnc3)CC2C1. The van der Waals surface area contributed by atoms with Gasteiger partial charge in [-0.1, -0.05) is 0 Å². The third-order valence-electron chi connectivity index (χ3n) is 4.78. The number of aryl methyl sites for hydroxylation is 1. The maximum Gasteiger partial charge on any atom is 0.134 e. The molecule has 2 aliphatic heterocycles. The molecule has 2 aliphatic rings. The topological polar surface area (TPSA) is 58.0 Å². The van der Waals surface area contributed by atoms with Crippen molar-refractivity contribution in [3.63, 3.8) is 0 Å². The molecule has 0 spiro atoms. The second kappa shape index (κ2) is 5.61. The first-order chi connectivity index (χ1) is 10.8. The highest BCUT2D eigenvalue weighted by molar-refractivity contribution is 5.46. The Morgan fingerprint density at radius 3 is 2.59 bits per heavy atom. The van der Waals surface area contributed by atoms with Crippen LogP contribution in [-0.4, -0.2) is 51.2 Å². The fourth-order valence-corrected chi connectivity index (χ4v) is 3.79. The molecule has 4 rings (SSSR count). The first kappa shape index (κ1) is 13.6. The van der Waals surface area contributed by atoms with Gasteiger partial charge in [0, 0.05) is 50.7 Å². The first-order valence-electron chi connectivity index (χ1n) is 7.79. The molecule has 0 aromatic carbocycles. The van der Waals surface area contributed by atoms with Gasteiger partial charge in [0.15, 0.2) is 0 Å². The van der Waals surface area contributed by atoms with Crippen molar-refractivity contribution < 1.29 is 0 Å². The molecule has 2 atom stereocenters. The Kier molecular flexibility index (Phi) is 3.46. The molecule has 2 aromatic rings. The molecule has 2 saturated heterocycles. The second-order valence-electron chi connectivity index (χ2n) is 6.40. The summed E-state index contributed by atoms with van der Waals surface area (Å²) in [6.45, 7) is 7.60. The van der Waals surface area contributed by atoms with E-state index >= 15 is 0 Å². The fraction of sp³-hybridized carbons (Fsp3) is 0.500. The van der Waals surface area contributed by atoms with Gasteiger partial charge in [-0.3, -0.25) is 4.90 Å². The van der Waals surface area contributed by atoms with Crippen LogP contribution < -0.4 is 4.90 Å². The number of hydrogen-bond donors (Lipinski definition) is 0. The van der Waals surface area contributed by atoms with E-state index in [9.17, 15) is 0 Å². The van der Waals surface area contributed by atoms with Crippen LogP contribution in [0.15, 0.2) is 31.0 Å². The zero-order valence-corrected chi connectivity index (χ0v) is 12.8. The van der Waals surface area contributed by atoms with E-state index in [4.69, 9.17) is 0 Å². The quantitative estimate of drug-likeness (QED) is 0.846. The van der Waals surface area contributed by atoms with Crippen LogP contribution in [0.5, 0.6) is 0 Å². The van der Waals surface area contributed by atoms with Crippen molar-refractivity contribution in [2.75, 3.05) is 31.1 Å². The molecule has 0 N–H and O–H groups in total. The molecule has 0 aliphatic carbocycles. The van der Waals surface area contributed by atoms with E-state index in [1.165, 1.54) is 11.1 Å². The lowest BCUT2D eigenvalue weighted by molar-refractivity contribution is 0.308. The first-order valence-corrected chi connectivity index (χ1v) is 7.79. The molecular formula is C16H20N6. The third kappa shape index (κ3) is 2.54. The van der Waals surface area contributed by atoms with Crippen LogP contribution >= 0.6 is 0 Å². The molecule has 22 heavy (non-hydrogen) atoms. The fourth-order valence-electron chi connectivity index (χ4n) is 3.79. The number of likely N-dealkylation sites (tertiary alicyclic amines) is 1. The Labute approximate surface area is 130 Å². The van der Waals surface area contributed by atoms with E-state index in [-0.39, 0.29) is 0 Å². The summed E-state index contributed by atoms with van der Waals surface area (Å²) < 4.78 is 0. The van der Waals surface area contributed by atoms with Crippen molar-refractivity contribution in [3.05, 3.63) is 42.1 Å². The minimum atomic E-state index is 0.740. The second-order valence-corrected chi connectivity index (χ2v) is 6.40. The Hall–Kier alpha value is -2.08. The van der Waals surface area contributed by atoms with Gasteiger partial charge in [-0.05, 0) is 30.4 Å². The average molecular weight is 296 g/mol. The molecule has 2 unspecified atom stereocenters. The highest BCUT2D eigenvalue weighted by Crippen LogP contribution is 2.34. The third-order valence-corrected chi connectivity index (χ3v) is 4.78. The molecule has 0 radical (unpaired) electrons. The smallest absolute Gasteiger partial charge is 0.134 e. The van der Waals surface area contributed by atoms with Gasteiger partial charge in [-0.15, -0.1) is 0 Å². The monoisotopic (exact) mass is 296 g/mol. The normalized spacial score (nSPS) is 24.7. The van der Waals surface area contributed by atoms with Crippen LogP contribution in [-0.2, 0) is 6.54 Å². The number of hydrogen-bond acceptors (Lipinski definition) is 6. The molecule has 114 valence electrons. The van der Waals surface area contributed by atoms with Gasteiger partial charge in [0.2, 0.25) is 0 Å². The van der Waals surface area contributed by atoms with E-state index in [0.717, 1.165) is 50.4 Å². The van der Waals surface area contributed by atoms with Gasteiger partial charge in [0.25, 0.3) is 0 Å². The largest absolute Gasteiger partial charge is 0.356 e. The van der Waals surface area contributed by atoms with Crippen molar-refractivity contribution >= 4 is 5.82 Å². The van der Waals surface area contributed by atoms with Crippen molar-refractivity contribution in [2.24, 2.45) is 11.8 Å². The van der Waals surface area contributed by atoms with E-state index in [0.29, 0.717) is 0 Å². The molecule has 6 heteroatoms. The van der Waals surface area contributed by atoms with Gasteiger partial charge in [-0.25, -0.2) is 9.97 Å². The van der Waals surface area contributed by atoms with E-state index in [2.05, 4.69) is 43.0 Å². The summed E-state index contributed by atoms with van der Waals surface area (Å²) in [5.41, 5.74) is 2.42. The number of anilines is 1.